The Morgan fingerprint density at radius 3 is 1.38 bits per heavy atom. The summed E-state index contributed by atoms with van der Waals surface area (Å²) in [4.78, 5) is 4.05. The number of aromatic nitrogens is 2. The molecule has 0 N–H and O–H groups in total. The Bertz CT molecular complexity index is 896. The van der Waals surface area contributed by atoms with Gasteiger partial charge in [-0.2, -0.15) is 4.39 Å². The van der Waals surface area contributed by atoms with Gasteiger partial charge in [0.1, 0.15) is 5.54 Å². The van der Waals surface area contributed by atoms with E-state index in [1.54, 1.807) is 10.8 Å². The third-order valence-electron chi connectivity index (χ3n) is 4.72. The predicted molar refractivity (Wildman–Crippen MR) is 102 cm³/mol. The molecule has 3 aromatic carbocycles. The van der Waals surface area contributed by atoms with E-state index < -0.39 is 11.6 Å². The van der Waals surface area contributed by atoms with Gasteiger partial charge in [0, 0.05) is 6.20 Å². The van der Waals surface area contributed by atoms with Gasteiger partial charge in [-0.25, -0.2) is 4.98 Å². The maximum Gasteiger partial charge on any atom is 0.290 e. The Labute approximate surface area is 152 Å². The largest absolute Gasteiger partial charge is 0.290 e. The predicted octanol–water partition coefficient (Wildman–Crippen LogP) is 5.17. The zero-order valence-electron chi connectivity index (χ0n) is 14.5. The first-order chi connectivity index (χ1) is 12.7. The summed E-state index contributed by atoms with van der Waals surface area (Å²) in [5.41, 5.74) is 2.75. The highest BCUT2D eigenvalue weighted by Crippen LogP contribution is 2.41. The van der Waals surface area contributed by atoms with Crippen molar-refractivity contribution in [2.45, 2.75) is 12.5 Å². The summed E-state index contributed by atoms with van der Waals surface area (Å²) >= 11 is 0. The van der Waals surface area contributed by atoms with Crippen molar-refractivity contribution in [1.29, 1.82) is 0 Å². The molecule has 0 amide bonds. The lowest BCUT2D eigenvalue weighted by Crippen LogP contribution is -2.38. The molecule has 1 aromatic heterocycles. The summed E-state index contributed by atoms with van der Waals surface area (Å²) in [6, 6.07) is 30.0. The normalized spacial score (nSPS) is 11.5. The number of halogens is 1. The molecule has 0 aliphatic heterocycles. The van der Waals surface area contributed by atoms with Gasteiger partial charge in [-0.05, 0) is 23.6 Å². The molecule has 0 atom stereocenters. The summed E-state index contributed by atoms with van der Waals surface area (Å²) in [6.45, 7) is 1.81. The monoisotopic (exact) mass is 342 g/mol. The molecule has 4 rings (SSSR count). The molecule has 0 fully saturated rings. The molecule has 1 heterocycles. The minimum absolute atomic E-state index is 0.501. The number of imidazole rings is 1. The van der Waals surface area contributed by atoms with Crippen molar-refractivity contribution in [2.75, 3.05) is 0 Å². The molecule has 0 aliphatic rings. The second kappa shape index (κ2) is 6.60. The SMILES string of the molecule is Cc1cn(C(c2ccccc2)(c2ccccc2)c2ccccc2)c(F)n1. The van der Waals surface area contributed by atoms with E-state index >= 15 is 4.39 Å². The molecule has 0 saturated carbocycles. The topological polar surface area (TPSA) is 17.8 Å². The van der Waals surface area contributed by atoms with E-state index in [-0.39, 0.29) is 0 Å². The van der Waals surface area contributed by atoms with Crippen LogP contribution in [-0.4, -0.2) is 9.55 Å². The summed E-state index contributed by atoms with van der Waals surface area (Å²) in [5, 5.41) is 0. The van der Waals surface area contributed by atoms with Crippen LogP contribution >= 0.6 is 0 Å². The van der Waals surface area contributed by atoms with E-state index in [1.165, 1.54) is 0 Å². The van der Waals surface area contributed by atoms with Crippen LogP contribution in [0.4, 0.5) is 4.39 Å². The smallest absolute Gasteiger partial charge is 0.289 e. The third-order valence-corrected chi connectivity index (χ3v) is 4.72. The fourth-order valence-electron chi connectivity index (χ4n) is 3.66. The highest BCUT2D eigenvalue weighted by molar-refractivity contribution is 5.50. The van der Waals surface area contributed by atoms with Gasteiger partial charge in [0.2, 0.25) is 0 Å². The van der Waals surface area contributed by atoms with Crippen molar-refractivity contribution in [2.24, 2.45) is 0 Å². The Morgan fingerprint density at radius 1 is 0.692 bits per heavy atom. The zero-order valence-corrected chi connectivity index (χ0v) is 14.5. The first-order valence-corrected chi connectivity index (χ1v) is 8.61. The second-order valence-electron chi connectivity index (χ2n) is 6.33. The van der Waals surface area contributed by atoms with E-state index in [0.29, 0.717) is 5.69 Å². The molecule has 0 radical (unpaired) electrons. The molecule has 0 bridgehead atoms. The van der Waals surface area contributed by atoms with Crippen molar-refractivity contribution in [3.8, 4) is 0 Å². The van der Waals surface area contributed by atoms with Gasteiger partial charge in [-0.15, -0.1) is 0 Å². The lowest BCUT2D eigenvalue weighted by Gasteiger charge is -2.37. The Morgan fingerprint density at radius 2 is 1.08 bits per heavy atom. The standard InChI is InChI=1S/C23H19FN2/c1-18-17-26(22(24)25-18)23(19-11-5-2-6-12-19,20-13-7-3-8-14-20)21-15-9-4-10-16-21/h2-17H,1H3. The quantitative estimate of drug-likeness (QED) is 0.468. The molecular weight excluding hydrogens is 323 g/mol. The van der Waals surface area contributed by atoms with E-state index in [4.69, 9.17) is 0 Å². The lowest BCUT2D eigenvalue weighted by atomic mass is 9.76. The van der Waals surface area contributed by atoms with Crippen molar-refractivity contribution in [1.82, 2.24) is 9.55 Å². The molecule has 2 nitrogen and oxygen atoms in total. The van der Waals surface area contributed by atoms with Crippen LogP contribution in [0.2, 0.25) is 0 Å². The molecule has 0 aliphatic carbocycles. The van der Waals surface area contributed by atoms with E-state index in [1.807, 2.05) is 97.9 Å². The molecule has 3 heteroatoms. The van der Waals surface area contributed by atoms with Crippen LogP contribution in [0.5, 0.6) is 0 Å². The maximum absolute atomic E-state index is 15.0. The van der Waals surface area contributed by atoms with Crippen LogP contribution in [0, 0.1) is 13.0 Å². The number of rotatable bonds is 4. The molecule has 0 unspecified atom stereocenters. The van der Waals surface area contributed by atoms with Crippen LogP contribution < -0.4 is 0 Å². The summed E-state index contributed by atoms with van der Waals surface area (Å²) in [7, 11) is 0. The lowest BCUT2D eigenvalue weighted by molar-refractivity contribution is 0.397. The van der Waals surface area contributed by atoms with Crippen LogP contribution in [0.1, 0.15) is 22.4 Å². The molecule has 0 spiro atoms. The molecule has 0 saturated heterocycles. The van der Waals surface area contributed by atoms with Gasteiger partial charge in [0.15, 0.2) is 0 Å². The van der Waals surface area contributed by atoms with Crippen molar-refractivity contribution in [3.05, 3.63) is 126 Å². The number of hydrogen-bond acceptors (Lipinski definition) is 1. The minimum Gasteiger partial charge on any atom is -0.289 e. The third kappa shape index (κ3) is 2.53. The van der Waals surface area contributed by atoms with Crippen LogP contribution in [0.15, 0.2) is 97.2 Å². The van der Waals surface area contributed by atoms with Crippen molar-refractivity contribution >= 4 is 0 Å². The minimum atomic E-state index is -0.838. The van der Waals surface area contributed by atoms with Crippen molar-refractivity contribution < 1.29 is 4.39 Å². The molecule has 26 heavy (non-hydrogen) atoms. The summed E-state index contributed by atoms with van der Waals surface area (Å²) in [6.07, 6.45) is 1.28. The van der Waals surface area contributed by atoms with Crippen LogP contribution in [-0.2, 0) is 5.54 Å². The number of benzene rings is 3. The van der Waals surface area contributed by atoms with E-state index in [0.717, 1.165) is 16.7 Å². The van der Waals surface area contributed by atoms with Gasteiger partial charge in [-0.1, -0.05) is 91.0 Å². The van der Waals surface area contributed by atoms with Gasteiger partial charge in [-0.3, -0.25) is 4.57 Å². The first kappa shape index (κ1) is 16.3. The maximum atomic E-state index is 15.0. The van der Waals surface area contributed by atoms with Gasteiger partial charge in [0.05, 0.1) is 5.69 Å². The highest BCUT2D eigenvalue weighted by Gasteiger charge is 2.40. The first-order valence-electron chi connectivity index (χ1n) is 8.61. The summed E-state index contributed by atoms with van der Waals surface area (Å²) < 4.78 is 16.7. The Kier molecular flexibility index (Phi) is 4.13. The van der Waals surface area contributed by atoms with Gasteiger partial charge in [0.25, 0.3) is 6.08 Å². The fourth-order valence-corrected chi connectivity index (χ4v) is 3.66. The van der Waals surface area contributed by atoms with Crippen LogP contribution in [0.25, 0.3) is 0 Å². The van der Waals surface area contributed by atoms with Gasteiger partial charge < -0.3 is 0 Å². The van der Waals surface area contributed by atoms with Crippen LogP contribution in [0.3, 0.4) is 0 Å². The molecule has 4 aromatic rings. The summed E-state index contributed by atoms with van der Waals surface area (Å²) in [5.74, 6) is 0. The van der Waals surface area contributed by atoms with Gasteiger partial charge >= 0.3 is 0 Å². The van der Waals surface area contributed by atoms with E-state index in [9.17, 15) is 0 Å². The Balaban J connectivity index is 2.16. The second-order valence-corrected chi connectivity index (χ2v) is 6.33. The molecule has 128 valence electrons. The average Bonchev–Trinajstić information content (AvgIpc) is 3.03. The number of nitrogens with zero attached hydrogens (tertiary/aromatic N) is 2. The highest BCUT2D eigenvalue weighted by atomic mass is 19.1. The van der Waals surface area contributed by atoms with Crippen molar-refractivity contribution in [3.63, 3.8) is 0 Å². The molecular formula is C23H19FN2. The van der Waals surface area contributed by atoms with E-state index in [2.05, 4.69) is 4.98 Å². The average molecular weight is 342 g/mol. The Hall–Kier alpha value is -3.20. The number of hydrogen-bond donors (Lipinski definition) is 0. The number of aryl methyl sites for hydroxylation is 1. The zero-order chi connectivity index (χ0) is 18.0. The fraction of sp³-hybridized carbons (Fsp3) is 0.0870.